The molecule has 3 rings (SSSR count). The molecule has 1 saturated heterocycles. The van der Waals surface area contributed by atoms with E-state index in [1.165, 1.54) is 0 Å². The largest absolute Gasteiger partial charge is 0.394 e. The summed E-state index contributed by atoms with van der Waals surface area (Å²) in [6.07, 6.45) is -5.97. The fourth-order valence-corrected chi connectivity index (χ4v) is 3.23. The van der Waals surface area contributed by atoms with Crippen LogP contribution >= 0.6 is 0 Å². The summed E-state index contributed by atoms with van der Waals surface area (Å²) < 4.78 is 5.61. The van der Waals surface area contributed by atoms with E-state index >= 15 is 0 Å². The summed E-state index contributed by atoms with van der Waals surface area (Å²) in [5.41, 5.74) is 2.87. The van der Waals surface area contributed by atoms with Gasteiger partial charge in [0.1, 0.15) is 30.5 Å². The van der Waals surface area contributed by atoms with Gasteiger partial charge in [0, 0.05) is 12.6 Å². The smallest absolute Gasteiger partial charge is 0.251 e. The monoisotopic (exact) mass is 373 g/mol. The highest BCUT2D eigenvalue weighted by atomic mass is 16.5. The minimum atomic E-state index is -1.42. The Hall–Kier alpha value is -2.29. The molecular weight excluding hydrogens is 350 g/mol. The molecule has 1 heterocycles. The number of hydrogen-bond donors (Lipinski definition) is 5. The SMILES string of the molecule is CNC(=O)c1ccc(-c2cccc([C@H]3O[C@H](CO)[C@@H](O)[C@H](O)[C@@H]3O)c2)cc1. The van der Waals surface area contributed by atoms with E-state index in [0.29, 0.717) is 11.1 Å². The van der Waals surface area contributed by atoms with Crippen molar-refractivity contribution in [2.75, 3.05) is 13.7 Å². The minimum absolute atomic E-state index is 0.170. The first-order valence-corrected chi connectivity index (χ1v) is 8.69. The first-order valence-electron chi connectivity index (χ1n) is 8.69. The molecule has 7 heteroatoms. The number of aliphatic hydroxyl groups is 4. The van der Waals surface area contributed by atoms with Crippen LogP contribution in [-0.2, 0) is 4.74 Å². The maximum atomic E-state index is 11.7. The minimum Gasteiger partial charge on any atom is -0.394 e. The summed E-state index contributed by atoms with van der Waals surface area (Å²) in [5.74, 6) is -0.170. The van der Waals surface area contributed by atoms with Crippen LogP contribution in [0, 0.1) is 0 Å². The normalized spacial score (nSPS) is 28.0. The Labute approximate surface area is 156 Å². The van der Waals surface area contributed by atoms with Gasteiger partial charge < -0.3 is 30.5 Å². The molecule has 0 unspecified atom stereocenters. The molecule has 7 nitrogen and oxygen atoms in total. The molecule has 144 valence electrons. The fraction of sp³-hybridized carbons (Fsp3) is 0.350. The standard InChI is InChI=1S/C20H23NO6/c1-21-20(26)12-7-5-11(6-8-12)13-3-2-4-14(9-13)19-18(25)17(24)16(23)15(10-22)27-19/h2-9,15-19,22-25H,10H2,1H3,(H,21,26)/t15-,16-,17+,18+,19-/m1/s1. The van der Waals surface area contributed by atoms with Crippen molar-refractivity contribution < 1.29 is 30.0 Å². The molecule has 2 aromatic carbocycles. The van der Waals surface area contributed by atoms with E-state index in [1.807, 2.05) is 24.3 Å². The Bertz CT molecular complexity index is 791. The average molecular weight is 373 g/mol. The van der Waals surface area contributed by atoms with E-state index in [0.717, 1.165) is 11.1 Å². The molecule has 0 spiro atoms. The van der Waals surface area contributed by atoms with Crippen LogP contribution in [0.2, 0.25) is 0 Å². The van der Waals surface area contributed by atoms with Crippen LogP contribution in [0.1, 0.15) is 22.0 Å². The number of aliphatic hydroxyl groups excluding tert-OH is 4. The molecule has 5 N–H and O–H groups in total. The van der Waals surface area contributed by atoms with Gasteiger partial charge >= 0.3 is 0 Å². The quantitative estimate of drug-likeness (QED) is 0.523. The zero-order chi connectivity index (χ0) is 19.6. The summed E-state index contributed by atoms with van der Waals surface area (Å²) in [5, 5.41) is 42.1. The second-order valence-electron chi connectivity index (χ2n) is 6.53. The van der Waals surface area contributed by atoms with Gasteiger partial charge in [-0.15, -0.1) is 0 Å². The highest BCUT2D eigenvalue weighted by molar-refractivity contribution is 5.94. The summed E-state index contributed by atoms with van der Waals surface area (Å²) in [6.45, 7) is -0.470. The van der Waals surface area contributed by atoms with Crippen LogP contribution in [0.25, 0.3) is 11.1 Å². The summed E-state index contributed by atoms with van der Waals surface area (Å²) in [7, 11) is 1.57. The van der Waals surface area contributed by atoms with Gasteiger partial charge in [0.25, 0.3) is 5.91 Å². The number of amides is 1. The van der Waals surface area contributed by atoms with Gasteiger partial charge in [0.05, 0.1) is 6.61 Å². The average Bonchev–Trinajstić information content (AvgIpc) is 2.72. The van der Waals surface area contributed by atoms with E-state index in [-0.39, 0.29) is 5.91 Å². The van der Waals surface area contributed by atoms with Gasteiger partial charge in [-0.3, -0.25) is 4.79 Å². The maximum absolute atomic E-state index is 11.7. The van der Waals surface area contributed by atoms with Gasteiger partial charge in [-0.2, -0.15) is 0 Å². The number of nitrogens with one attached hydrogen (secondary N) is 1. The molecule has 0 saturated carbocycles. The Morgan fingerprint density at radius 3 is 2.33 bits per heavy atom. The van der Waals surface area contributed by atoms with Crippen molar-refractivity contribution in [3.05, 3.63) is 59.7 Å². The molecule has 0 aromatic heterocycles. The van der Waals surface area contributed by atoms with Crippen LogP contribution in [0.15, 0.2) is 48.5 Å². The van der Waals surface area contributed by atoms with Gasteiger partial charge in [0.2, 0.25) is 0 Å². The molecule has 1 aliphatic heterocycles. The Morgan fingerprint density at radius 1 is 1.00 bits per heavy atom. The van der Waals surface area contributed by atoms with E-state index in [9.17, 15) is 25.2 Å². The molecule has 0 bridgehead atoms. The Kier molecular flexibility index (Phi) is 5.88. The molecule has 1 fully saturated rings. The van der Waals surface area contributed by atoms with Gasteiger partial charge in [-0.25, -0.2) is 0 Å². The molecule has 0 radical (unpaired) electrons. The fourth-order valence-electron chi connectivity index (χ4n) is 3.23. The van der Waals surface area contributed by atoms with Crippen molar-refractivity contribution in [3.63, 3.8) is 0 Å². The third kappa shape index (κ3) is 3.87. The second kappa shape index (κ2) is 8.16. The maximum Gasteiger partial charge on any atom is 0.251 e. The van der Waals surface area contributed by atoms with Crippen molar-refractivity contribution in [1.29, 1.82) is 0 Å². The van der Waals surface area contributed by atoms with Gasteiger partial charge in [-0.05, 0) is 34.9 Å². The van der Waals surface area contributed by atoms with E-state index < -0.39 is 37.1 Å². The molecule has 0 aliphatic carbocycles. The van der Waals surface area contributed by atoms with E-state index in [1.54, 1.807) is 31.3 Å². The molecule has 2 aromatic rings. The lowest BCUT2D eigenvalue weighted by Crippen LogP contribution is -2.55. The lowest BCUT2D eigenvalue weighted by atomic mass is 9.90. The first kappa shape index (κ1) is 19.5. The molecule has 27 heavy (non-hydrogen) atoms. The number of carbonyl (C=O) groups excluding carboxylic acids is 1. The number of rotatable bonds is 4. The van der Waals surface area contributed by atoms with Crippen molar-refractivity contribution >= 4 is 5.91 Å². The molecule has 1 amide bonds. The van der Waals surface area contributed by atoms with Gasteiger partial charge in [0.15, 0.2) is 0 Å². The number of carbonyl (C=O) groups is 1. The summed E-state index contributed by atoms with van der Waals surface area (Å²) in [6, 6.07) is 14.3. The highest BCUT2D eigenvalue weighted by Gasteiger charge is 2.43. The van der Waals surface area contributed by atoms with E-state index in [2.05, 4.69) is 5.32 Å². The van der Waals surface area contributed by atoms with Crippen LogP contribution in [0.4, 0.5) is 0 Å². The number of hydrogen-bond acceptors (Lipinski definition) is 6. The van der Waals surface area contributed by atoms with Crippen LogP contribution in [0.5, 0.6) is 0 Å². The first-order chi connectivity index (χ1) is 13.0. The predicted octanol–water partition coefficient (Wildman–Crippen LogP) is 0.228. The number of ether oxygens (including phenoxy) is 1. The molecule has 1 aliphatic rings. The molecule has 5 atom stereocenters. The summed E-state index contributed by atoms with van der Waals surface area (Å²) in [4.78, 5) is 11.7. The van der Waals surface area contributed by atoms with Crippen molar-refractivity contribution in [1.82, 2.24) is 5.32 Å². The third-order valence-electron chi connectivity index (χ3n) is 4.81. The topological polar surface area (TPSA) is 119 Å². The lowest BCUT2D eigenvalue weighted by molar-refractivity contribution is -0.231. The van der Waals surface area contributed by atoms with Gasteiger partial charge in [-0.1, -0.05) is 30.3 Å². The highest BCUT2D eigenvalue weighted by Crippen LogP contribution is 2.34. The van der Waals surface area contributed by atoms with E-state index in [4.69, 9.17) is 4.74 Å². The number of benzene rings is 2. The second-order valence-corrected chi connectivity index (χ2v) is 6.53. The Balaban J connectivity index is 1.88. The lowest BCUT2D eigenvalue weighted by Gasteiger charge is -2.40. The van der Waals surface area contributed by atoms with Crippen molar-refractivity contribution in [3.8, 4) is 11.1 Å². The predicted molar refractivity (Wildman–Crippen MR) is 98.0 cm³/mol. The molecular formula is C20H23NO6. The zero-order valence-electron chi connectivity index (χ0n) is 14.8. The van der Waals surface area contributed by atoms with Crippen LogP contribution in [0.3, 0.4) is 0 Å². The third-order valence-corrected chi connectivity index (χ3v) is 4.81. The zero-order valence-corrected chi connectivity index (χ0v) is 14.8. The van der Waals surface area contributed by atoms with Crippen LogP contribution in [-0.4, -0.2) is 64.4 Å². The van der Waals surface area contributed by atoms with Crippen molar-refractivity contribution in [2.24, 2.45) is 0 Å². The van der Waals surface area contributed by atoms with Crippen LogP contribution < -0.4 is 5.32 Å². The Morgan fingerprint density at radius 2 is 1.70 bits per heavy atom. The van der Waals surface area contributed by atoms with Crippen molar-refractivity contribution in [2.45, 2.75) is 30.5 Å². The summed E-state index contributed by atoms with van der Waals surface area (Å²) >= 11 is 0.